The van der Waals surface area contributed by atoms with E-state index in [2.05, 4.69) is 41.1 Å². The van der Waals surface area contributed by atoms with Gasteiger partial charge >= 0.3 is 0 Å². The Balaban J connectivity index is 1.69. The van der Waals surface area contributed by atoms with Gasteiger partial charge in [-0.15, -0.1) is 11.3 Å². The Bertz CT molecular complexity index is 704. The van der Waals surface area contributed by atoms with Crippen molar-refractivity contribution < 1.29 is 4.79 Å². The summed E-state index contributed by atoms with van der Waals surface area (Å²) in [6, 6.07) is 0. The average molecular weight is 333 g/mol. The van der Waals surface area contributed by atoms with Crippen LogP contribution >= 0.6 is 23.1 Å². The van der Waals surface area contributed by atoms with Crippen molar-refractivity contribution in [3.63, 3.8) is 0 Å². The number of ketones is 1. The maximum atomic E-state index is 11.8. The van der Waals surface area contributed by atoms with E-state index < -0.39 is 0 Å². The van der Waals surface area contributed by atoms with Crippen LogP contribution in [-0.4, -0.2) is 20.7 Å². The van der Waals surface area contributed by atoms with Gasteiger partial charge in [0, 0.05) is 29.2 Å². The lowest BCUT2D eigenvalue weighted by atomic mass is 9.96. The predicted molar refractivity (Wildman–Crippen MR) is 89.7 cm³/mol. The molecule has 1 aliphatic carbocycles. The molecule has 0 aliphatic heterocycles. The molecular formula is C16H19N3OS2. The fourth-order valence-corrected chi connectivity index (χ4v) is 4.04. The molecule has 22 heavy (non-hydrogen) atoms. The molecule has 1 aliphatic rings. The quantitative estimate of drug-likeness (QED) is 0.627. The number of thioether (sulfide) groups is 1. The maximum Gasteiger partial charge on any atom is 0.188 e. The first-order valence-electron chi connectivity index (χ1n) is 7.40. The summed E-state index contributed by atoms with van der Waals surface area (Å²) in [5.74, 6) is 0.936. The van der Waals surface area contributed by atoms with Crippen molar-refractivity contribution in [1.29, 1.82) is 0 Å². The van der Waals surface area contributed by atoms with Crippen LogP contribution in [-0.2, 0) is 17.6 Å². The summed E-state index contributed by atoms with van der Waals surface area (Å²) in [6.07, 6.45) is 4.08. The van der Waals surface area contributed by atoms with E-state index in [4.69, 9.17) is 0 Å². The number of Topliss-reactive ketones (excluding diaryl/α,β-unsaturated/α-hetero) is 1. The number of thiazole rings is 1. The molecule has 3 rings (SSSR count). The Morgan fingerprint density at radius 3 is 2.82 bits per heavy atom. The minimum Gasteiger partial charge on any atom is -0.294 e. The maximum absolute atomic E-state index is 11.8. The molecule has 2 aromatic heterocycles. The second-order valence-corrected chi connectivity index (χ2v) is 8.27. The summed E-state index contributed by atoms with van der Waals surface area (Å²) in [6.45, 7) is 6.52. The molecule has 0 amide bonds. The minimum absolute atomic E-state index is 0.0935. The summed E-state index contributed by atoms with van der Waals surface area (Å²) in [5, 5.41) is 3.99. The summed E-state index contributed by atoms with van der Waals surface area (Å²) < 4.78 is 0. The van der Waals surface area contributed by atoms with Crippen LogP contribution in [0.3, 0.4) is 0 Å². The molecule has 0 radical (unpaired) electrons. The number of hydrogen-bond acceptors (Lipinski definition) is 6. The predicted octanol–water partition coefficient (Wildman–Crippen LogP) is 4.04. The van der Waals surface area contributed by atoms with E-state index in [0.717, 1.165) is 40.1 Å². The molecule has 2 aromatic rings. The molecule has 2 heterocycles. The molecule has 0 unspecified atom stereocenters. The highest BCUT2D eigenvalue weighted by Gasteiger charge is 2.20. The number of aryl methyl sites for hydroxylation is 1. The van der Waals surface area contributed by atoms with Gasteiger partial charge in [0.15, 0.2) is 10.9 Å². The van der Waals surface area contributed by atoms with E-state index >= 15 is 0 Å². The van der Waals surface area contributed by atoms with Gasteiger partial charge in [0.1, 0.15) is 0 Å². The molecule has 0 saturated carbocycles. The molecule has 116 valence electrons. The number of fused-ring (bicyclic) bond motifs is 1. The minimum atomic E-state index is 0.0935. The SMILES string of the molecule is CC(C)(C)c1nc(CSc2ncc3c(n2)CCCC3=O)cs1. The van der Waals surface area contributed by atoms with Gasteiger partial charge in [0.25, 0.3) is 0 Å². The highest BCUT2D eigenvalue weighted by Crippen LogP contribution is 2.28. The number of nitrogens with zero attached hydrogens (tertiary/aromatic N) is 3. The van der Waals surface area contributed by atoms with Crippen LogP contribution in [0.2, 0.25) is 0 Å². The summed E-state index contributed by atoms with van der Waals surface area (Å²) >= 11 is 3.29. The molecule has 4 nitrogen and oxygen atoms in total. The molecule has 0 aromatic carbocycles. The van der Waals surface area contributed by atoms with Crippen molar-refractivity contribution in [1.82, 2.24) is 15.0 Å². The normalized spacial score (nSPS) is 15.0. The second kappa shape index (κ2) is 6.08. The number of aromatic nitrogens is 3. The van der Waals surface area contributed by atoms with E-state index in [1.807, 2.05) is 0 Å². The highest BCUT2D eigenvalue weighted by atomic mass is 32.2. The fourth-order valence-electron chi connectivity index (χ4n) is 2.30. The third kappa shape index (κ3) is 3.38. The van der Waals surface area contributed by atoms with Gasteiger partial charge < -0.3 is 0 Å². The topological polar surface area (TPSA) is 55.7 Å². The van der Waals surface area contributed by atoms with Gasteiger partial charge in [0.05, 0.1) is 22.0 Å². The lowest BCUT2D eigenvalue weighted by Gasteiger charge is -2.14. The van der Waals surface area contributed by atoms with Crippen LogP contribution in [0, 0.1) is 0 Å². The third-order valence-electron chi connectivity index (χ3n) is 3.51. The van der Waals surface area contributed by atoms with E-state index in [9.17, 15) is 4.79 Å². The van der Waals surface area contributed by atoms with Crippen molar-refractivity contribution in [3.05, 3.63) is 33.5 Å². The van der Waals surface area contributed by atoms with Gasteiger partial charge in [-0.05, 0) is 12.8 Å². The molecule has 0 atom stereocenters. The van der Waals surface area contributed by atoms with Crippen molar-refractivity contribution >= 4 is 28.9 Å². The molecule has 0 saturated heterocycles. The number of rotatable bonds is 3. The Morgan fingerprint density at radius 1 is 1.27 bits per heavy atom. The van der Waals surface area contributed by atoms with E-state index in [-0.39, 0.29) is 11.2 Å². The highest BCUT2D eigenvalue weighted by molar-refractivity contribution is 7.98. The Morgan fingerprint density at radius 2 is 2.09 bits per heavy atom. The lowest BCUT2D eigenvalue weighted by Crippen LogP contribution is -2.13. The summed E-state index contributed by atoms with van der Waals surface area (Å²) in [5.41, 5.74) is 2.77. The fraction of sp³-hybridized carbons (Fsp3) is 0.500. The number of carbonyl (C=O) groups excluding carboxylic acids is 1. The van der Waals surface area contributed by atoms with Crippen molar-refractivity contribution in [2.24, 2.45) is 0 Å². The summed E-state index contributed by atoms with van der Waals surface area (Å²) in [4.78, 5) is 25.3. The van der Waals surface area contributed by atoms with Crippen molar-refractivity contribution in [2.45, 2.75) is 56.4 Å². The van der Waals surface area contributed by atoms with Crippen LogP contribution in [0.4, 0.5) is 0 Å². The Hall–Kier alpha value is -1.27. The first kappa shape index (κ1) is 15.6. The van der Waals surface area contributed by atoms with E-state index in [1.165, 1.54) is 0 Å². The molecule has 0 fully saturated rings. The lowest BCUT2D eigenvalue weighted by molar-refractivity contribution is 0.0970. The van der Waals surface area contributed by atoms with Gasteiger partial charge in [-0.25, -0.2) is 15.0 Å². The van der Waals surface area contributed by atoms with Crippen LogP contribution in [0.25, 0.3) is 0 Å². The molecule has 0 bridgehead atoms. The van der Waals surface area contributed by atoms with Gasteiger partial charge in [-0.3, -0.25) is 4.79 Å². The molecule has 6 heteroatoms. The van der Waals surface area contributed by atoms with Gasteiger partial charge in [-0.2, -0.15) is 0 Å². The van der Waals surface area contributed by atoms with E-state index in [1.54, 1.807) is 29.3 Å². The van der Waals surface area contributed by atoms with Crippen LogP contribution < -0.4 is 0 Å². The number of hydrogen-bond donors (Lipinski definition) is 0. The van der Waals surface area contributed by atoms with Gasteiger partial charge in [0.2, 0.25) is 0 Å². The van der Waals surface area contributed by atoms with Crippen molar-refractivity contribution in [2.75, 3.05) is 0 Å². The largest absolute Gasteiger partial charge is 0.294 e. The zero-order valence-corrected chi connectivity index (χ0v) is 14.7. The van der Waals surface area contributed by atoms with Crippen molar-refractivity contribution in [3.8, 4) is 0 Å². The van der Waals surface area contributed by atoms with E-state index in [0.29, 0.717) is 12.0 Å². The van der Waals surface area contributed by atoms with Crippen LogP contribution in [0.5, 0.6) is 0 Å². The first-order chi connectivity index (χ1) is 10.4. The summed E-state index contributed by atoms with van der Waals surface area (Å²) in [7, 11) is 0. The number of carbonyl (C=O) groups is 1. The first-order valence-corrected chi connectivity index (χ1v) is 9.27. The Kier molecular flexibility index (Phi) is 4.32. The molecular weight excluding hydrogens is 314 g/mol. The Labute approximate surface area is 138 Å². The molecule has 0 spiro atoms. The molecule has 0 N–H and O–H groups in total. The smallest absolute Gasteiger partial charge is 0.188 e. The van der Waals surface area contributed by atoms with Gasteiger partial charge in [-0.1, -0.05) is 32.5 Å². The average Bonchev–Trinajstić information content (AvgIpc) is 2.94. The third-order valence-corrected chi connectivity index (χ3v) is 5.72. The van der Waals surface area contributed by atoms with Crippen LogP contribution in [0.1, 0.15) is 60.4 Å². The second-order valence-electron chi connectivity index (χ2n) is 6.47. The standard InChI is InChI=1S/C16H19N3OS2/c1-16(2,3)14-18-10(8-21-14)9-22-15-17-7-11-12(19-15)5-4-6-13(11)20/h7-8H,4-6,9H2,1-3H3. The monoisotopic (exact) mass is 333 g/mol. The van der Waals surface area contributed by atoms with Crippen LogP contribution in [0.15, 0.2) is 16.7 Å². The zero-order valence-electron chi connectivity index (χ0n) is 13.0. The zero-order chi connectivity index (χ0) is 15.7.